The van der Waals surface area contributed by atoms with Crippen molar-refractivity contribution in [1.29, 1.82) is 0 Å². The Morgan fingerprint density at radius 3 is 2.28 bits per heavy atom. The Bertz CT molecular complexity index is 480. The van der Waals surface area contributed by atoms with E-state index in [1.807, 2.05) is 0 Å². The first-order valence-electron chi connectivity index (χ1n) is 4.59. The maximum absolute atomic E-state index is 11.8. The number of rotatable bonds is 4. The zero-order valence-electron chi connectivity index (χ0n) is 8.77. The molecule has 0 fully saturated rings. The van der Waals surface area contributed by atoms with E-state index in [1.54, 1.807) is 0 Å². The number of benzene rings is 1. The van der Waals surface area contributed by atoms with Crippen molar-refractivity contribution in [3.05, 3.63) is 46.7 Å². The molecule has 0 aliphatic heterocycles. The Hall–Kier alpha value is -2.38. The molecule has 96 valence electrons. The van der Waals surface area contributed by atoms with Crippen molar-refractivity contribution < 1.29 is 22.9 Å². The molecule has 0 aliphatic carbocycles. The first kappa shape index (κ1) is 13.7. The van der Waals surface area contributed by atoms with Gasteiger partial charge in [0, 0.05) is 30.1 Å². The van der Waals surface area contributed by atoms with Crippen LogP contribution in [0.25, 0.3) is 0 Å². The first-order chi connectivity index (χ1) is 8.30. The second-order valence-corrected chi connectivity index (χ2v) is 3.14. The largest absolute Gasteiger partial charge is 0.454 e. The normalized spacial score (nSPS) is 11.5. The fourth-order valence-electron chi connectivity index (χ4n) is 0.987. The van der Waals surface area contributed by atoms with Gasteiger partial charge in [-0.3, -0.25) is 14.9 Å². The summed E-state index contributed by atoms with van der Waals surface area (Å²) in [4.78, 5) is 20.2. The highest BCUT2D eigenvalue weighted by molar-refractivity contribution is 5.94. The van der Waals surface area contributed by atoms with Gasteiger partial charge < -0.3 is 5.32 Å². The summed E-state index contributed by atoms with van der Waals surface area (Å²) in [5, 5.41) is 12.7. The average molecular weight is 260 g/mol. The van der Waals surface area contributed by atoms with Crippen LogP contribution >= 0.6 is 0 Å². The smallest absolute Gasteiger partial charge is 0.362 e. The van der Waals surface area contributed by atoms with E-state index in [1.165, 1.54) is 24.3 Å². The van der Waals surface area contributed by atoms with Gasteiger partial charge in [0.1, 0.15) is 0 Å². The topological polar surface area (TPSA) is 72.2 Å². The van der Waals surface area contributed by atoms with Crippen molar-refractivity contribution in [2.45, 2.75) is 6.18 Å². The molecule has 0 atom stereocenters. The first-order valence-corrected chi connectivity index (χ1v) is 4.59. The molecular weight excluding hydrogens is 253 g/mol. The highest BCUT2D eigenvalue weighted by atomic mass is 19.4. The molecule has 0 bridgehead atoms. The Balaban J connectivity index is 2.62. The van der Waals surface area contributed by atoms with Crippen LogP contribution in [0.5, 0.6) is 0 Å². The standard InChI is InChI=1S/C10H7F3N2O3/c11-10(12,13)9(16)5-6-14-7-1-3-8(4-2-7)15(17)18/h1-6,14H. The van der Waals surface area contributed by atoms with Crippen LogP contribution in [0, 0.1) is 10.1 Å². The van der Waals surface area contributed by atoms with Crippen molar-refractivity contribution in [1.82, 2.24) is 0 Å². The summed E-state index contributed by atoms with van der Waals surface area (Å²) in [5.74, 6) is -1.99. The molecule has 0 saturated heterocycles. The number of hydrogen-bond donors (Lipinski definition) is 1. The van der Waals surface area contributed by atoms with Crippen LogP contribution in [0.2, 0.25) is 0 Å². The minimum Gasteiger partial charge on any atom is -0.362 e. The van der Waals surface area contributed by atoms with Gasteiger partial charge in [-0.1, -0.05) is 0 Å². The van der Waals surface area contributed by atoms with E-state index in [9.17, 15) is 28.1 Å². The van der Waals surface area contributed by atoms with E-state index in [0.29, 0.717) is 11.8 Å². The molecule has 0 spiro atoms. The van der Waals surface area contributed by atoms with E-state index < -0.39 is 16.9 Å². The van der Waals surface area contributed by atoms with Crippen LogP contribution in [0.3, 0.4) is 0 Å². The van der Waals surface area contributed by atoms with Crippen LogP contribution < -0.4 is 5.32 Å². The Kier molecular flexibility index (Phi) is 4.03. The fourth-order valence-corrected chi connectivity index (χ4v) is 0.987. The van der Waals surface area contributed by atoms with Crippen molar-refractivity contribution in [2.24, 2.45) is 0 Å². The molecule has 1 aromatic rings. The number of carbonyl (C=O) groups excluding carboxylic acids is 1. The maximum atomic E-state index is 11.8. The van der Waals surface area contributed by atoms with Gasteiger partial charge in [0.15, 0.2) is 0 Å². The number of ketones is 1. The minimum atomic E-state index is -4.91. The van der Waals surface area contributed by atoms with Gasteiger partial charge in [-0.2, -0.15) is 13.2 Å². The van der Waals surface area contributed by atoms with Crippen molar-refractivity contribution in [2.75, 3.05) is 5.32 Å². The number of alkyl halides is 3. The molecular formula is C10H7F3N2O3. The van der Waals surface area contributed by atoms with Gasteiger partial charge in [0.25, 0.3) is 11.5 Å². The summed E-state index contributed by atoms with van der Waals surface area (Å²) in [6, 6.07) is 4.98. The lowest BCUT2D eigenvalue weighted by Gasteiger charge is -2.01. The molecule has 0 amide bonds. The molecule has 1 rings (SSSR count). The number of non-ortho nitro benzene ring substituents is 1. The SMILES string of the molecule is O=C(C=CNc1ccc([N+](=O)[O-])cc1)C(F)(F)F. The highest BCUT2D eigenvalue weighted by Crippen LogP contribution is 2.17. The minimum absolute atomic E-state index is 0.143. The van der Waals surface area contributed by atoms with Gasteiger partial charge in [-0.05, 0) is 12.1 Å². The Morgan fingerprint density at radius 1 is 1.28 bits per heavy atom. The van der Waals surface area contributed by atoms with Crippen molar-refractivity contribution in [3.63, 3.8) is 0 Å². The summed E-state index contributed by atoms with van der Waals surface area (Å²) in [5.41, 5.74) is 0.183. The number of anilines is 1. The van der Waals surface area contributed by atoms with Gasteiger partial charge in [-0.25, -0.2) is 0 Å². The predicted molar refractivity (Wildman–Crippen MR) is 56.9 cm³/mol. The number of nitrogens with zero attached hydrogens (tertiary/aromatic N) is 1. The van der Waals surface area contributed by atoms with Gasteiger partial charge in [0.05, 0.1) is 4.92 Å². The summed E-state index contributed by atoms with van der Waals surface area (Å²) in [6.07, 6.45) is -3.76. The number of nitro benzene ring substituents is 1. The summed E-state index contributed by atoms with van der Waals surface area (Å²) >= 11 is 0. The molecule has 0 unspecified atom stereocenters. The zero-order valence-corrected chi connectivity index (χ0v) is 8.77. The molecule has 1 aromatic carbocycles. The quantitative estimate of drug-likeness (QED) is 0.513. The third kappa shape index (κ3) is 3.89. The zero-order chi connectivity index (χ0) is 13.8. The summed E-state index contributed by atoms with van der Waals surface area (Å²) < 4.78 is 35.4. The number of nitrogens with one attached hydrogen (secondary N) is 1. The second-order valence-electron chi connectivity index (χ2n) is 3.14. The highest BCUT2D eigenvalue weighted by Gasteiger charge is 2.35. The maximum Gasteiger partial charge on any atom is 0.454 e. The number of hydrogen-bond acceptors (Lipinski definition) is 4. The third-order valence-electron chi connectivity index (χ3n) is 1.84. The van der Waals surface area contributed by atoms with Gasteiger partial charge in [-0.15, -0.1) is 0 Å². The number of nitro groups is 1. The molecule has 0 heterocycles. The molecule has 5 nitrogen and oxygen atoms in total. The van der Waals surface area contributed by atoms with E-state index in [-0.39, 0.29) is 5.69 Å². The van der Waals surface area contributed by atoms with E-state index in [2.05, 4.69) is 5.32 Å². The predicted octanol–water partition coefficient (Wildman–Crippen LogP) is 2.65. The molecule has 0 aliphatic rings. The van der Waals surface area contributed by atoms with Gasteiger partial charge >= 0.3 is 6.18 Å². The van der Waals surface area contributed by atoms with Crippen molar-refractivity contribution >= 4 is 17.2 Å². The molecule has 1 N–H and O–H groups in total. The summed E-state index contributed by atoms with van der Waals surface area (Å²) in [6.45, 7) is 0. The average Bonchev–Trinajstić information content (AvgIpc) is 2.28. The lowest BCUT2D eigenvalue weighted by Crippen LogP contribution is -2.20. The van der Waals surface area contributed by atoms with Crippen LogP contribution in [-0.2, 0) is 4.79 Å². The van der Waals surface area contributed by atoms with Crippen LogP contribution in [0.15, 0.2) is 36.5 Å². The fraction of sp³-hybridized carbons (Fsp3) is 0.100. The van der Waals surface area contributed by atoms with Crippen LogP contribution in [0.4, 0.5) is 24.5 Å². The van der Waals surface area contributed by atoms with Gasteiger partial charge in [0.2, 0.25) is 0 Å². The lowest BCUT2D eigenvalue weighted by molar-refractivity contribution is -0.384. The second kappa shape index (κ2) is 5.30. The third-order valence-corrected chi connectivity index (χ3v) is 1.84. The molecule has 18 heavy (non-hydrogen) atoms. The van der Waals surface area contributed by atoms with E-state index in [0.717, 1.165) is 6.20 Å². The number of carbonyl (C=O) groups is 1. The monoisotopic (exact) mass is 260 g/mol. The molecule has 0 radical (unpaired) electrons. The molecule has 8 heteroatoms. The van der Waals surface area contributed by atoms with E-state index >= 15 is 0 Å². The molecule has 0 saturated carbocycles. The number of allylic oxidation sites excluding steroid dienone is 1. The Morgan fingerprint density at radius 2 is 1.83 bits per heavy atom. The molecule has 0 aromatic heterocycles. The van der Waals surface area contributed by atoms with Crippen LogP contribution in [-0.4, -0.2) is 16.9 Å². The Labute approximate surface area is 99.1 Å². The van der Waals surface area contributed by atoms with E-state index in [4.69, 9.17) is 0 Å². The number of halogens is 3. The van der Waals surface area contributed by atoms with Crippen molar-refractivity contribution in [3.8, 4) is 0 Å². The lowest BCUT2D eigenvalue weighted by atomic mass is 10.3. The van der Waals surface area contributed by atoms with Crippen LogP contribution in [0.1, 0.15) is 0 Å². The summed E-state index contributed by atoms with van der Waals surface area (Å²) in [7, 11) is 0.